The van der Waals surface area contributed by atoms with Gasteiger partial charge < -0.3 is 10.1 Å². The number of nitrogens with one attached hydrogen (secondary N) is 2. The first-order chi connectivity index (χ1) is 10.7. The smallest absolute Gasteiger partial charge is 0.186 e. The fourth-order valence-electron chi connectivity index (χ4n) is 2.59. The van der Waals surface area contributed by atoms with Gasteiger partial charge in [0.15, 0.2) is 5.11 Å². The Morgan fingerprint density at radius 1 is 1.32 bits per heavy atom. The summed E-state index contributed by atoms with van der Waals surface area (Å²) < 4.78 is 5.47. The molecule has 0 aromatic heterocycles. The molecule has 5 nitrogen and oxygen atoms in total. The minimum absolute atomic E-state index is 0.141. The van der Waals surface area contributed by atoms with E-state index in [1.54, 1.807) is 0 Å². The molecule has 0 saturated carbocycles. The molecule has 0 spiro atoms. The van der Waals surface area contributed by atoms with Gasteiger partial charge in [0, 0.05) is 19.6 Å². The summed E-state index contributed by atoms with van der Waals surface area (Å²) in [5.41, 5.74) is 5.15. The van der Waals surface area contributed by atoms with E-state index >= 15 is 0 Å². The molecule has 1 aliphatic rings. The van der Waals surface area contributed by atoms with Gasteiger partial charge in [-0.3, -0.25) is 10.3 Å². The van der Waals surface area contributed by atoms with Crippen LogP contribution >= 0.6 is 12.2 Å². The maximum Gasteiger partial charge on any atom is 0.186 e. The summed E-state index contributed by atoms with van der Waals surface area (Å²) in [5.74, 6) is 0. The van der Waals surface area contributed by atoms with Gasteiger partial charge in [-0.15, -0.1) is 0 Å². The molecule has 0 unspecified atom stereocenters. The first kappa shape index (κ1) is 16.9. The minimum atomic E-state index is 0.141. The molecule has 6 heteroatoms. The van der Waals surface area contributed by atoms with Crippen molar-refractivity contribution in [1.82, 2.24) is 15.6 Å². The third-order valence-corrected chi connectivity index (χ3v) is 3.83. The molecule has 1 atom stereocenters. The van der Waals surface area contributed by atoms with Gasteiger partial charge >= 0.3 is 0 Å². The second-order valence-electron chi connectivity index (χ2n) is 5.19. The number of hydrogen-bond acceptors (Lipinski definition) is 4. The largest absolute Gasteiger partial charge is 0.379 e. The molecule has 0 aliphatic carbocycles. The second-order valence-corrected chi connectivity index (χ2v) is 5.59. The van der Waals surface area contributed by atoms with E-state index < -0.39 is 0 Å². The second kappa shape index (κ2) is 8.82. The highest BCUT2D eigenvalue weighted by Gasteiger charge is 2.25. The van der Waals surface area contributed by atoms with E-state index in [0.717, 1.165) is 38.6 Å². The predicted molar refractivity (Wildman–Crippen MR) is 94.1 cm³/mol. The van der Waals surface area contributed by atoms with Gasteiger partial charge in [0.2, 0.25) is 0 Å². The molecule has 1 fully saturated rings. The normalized spacial score (nSPS) is 17.8. The molecule has 22 heavy (non-hydrogen) atoms. The summed E-state index contributed by atoms with van der Waals surface area (Å²) in [5, 5.41) is 8.07. The van der Waals surface area contributed by atoms with E-state index in [-0.39, 0.29) is 6.04 Å². The molecule has 2 rings (SSSR count). The number of nitrogens with zero attached hydrogens (tertiary/aromatic N) is 2. The fraction of sp³-hybridized carbons (Fsp3) is 0.500. The van der Waals surface area contributed by atoms with Gasteiger partial charge in [0.25, 0.3) is 0 Å². The van der Waals surface area contributed by atoms with Crippen molar-refractivity contribution < 1.29 is 4.74 Å². The number of hydrogen-bond donors (Lipinski definition) is 2. The lowest BCUT2D eigenvalue weighted by atomic mass is 10.0. The molecular formula is C16H24N4OS. The summed E-state index contributed by atoms with van der Waals surface area (Å²) in [7, 11) is 0. The average molecular weight is 320 g/mol. The topological polar surface area (TPSA) is 48.9 Å². The third-order valence-electron chi connectivity index (χ3n) is 3.59. The molecule has 0 amide bonds. The Balaban J connectivity index is 2.16. The molecule has 1 saturated heterocycles. The number of morpholine rings is 1. The first-order valence-electron chi connectivity index (χ1n) is 7.67. The van der Waals surface area contributed by atoms with Gasteiger partial charge in [0.05, 0.1) is 25.0 Å². The van der Waals surface area contributed by atoms with Gasteiger partial charge in [-0.1, -0.05) is 30.3 Å². The number of ether oxygens (including phenoxy) is 1. The predicted octanol–water partition coefficient (Wildman–Crippen LogP) is 1.92. The van der Waals surface area contributed by atoms with E-state index in [9.17, 15) is 0 Å². The Morgan fingerprint density at radius 2 is 2.00 bits per heavy atom. The lowest BCUT2D eigenvalue weighted by Gasteiger charge is -2.34. The quantitative estimate of drug-likeness (QED) is 0.493. The van der Waals surface area contributed by atoms with Gasteiger partial charge in [-0.25, -0.2) is 0 Å². The van der Waals surface area contributed by atoms with Gasteiger partial charge in [0.1, 0.15) is 0 Å². The minimum Gasteiger partial charge on any atom is -0.379 e. The molecular weight excluding hydrogens is 296 g/mol. The van der Waals surface area contributed by atoms with Crippen LogP contribution in [0.5, 0.6) is 0 Å². The number of benzene rings is 1. The standard InChI is InChI=1S/C16H24N4OS/c1-3-17-16(22)19-18-13(2)15(14-7-5-4-6-8-14)20-9-11-21-12-10-20/h4-8,15H,3,9-12H2,1-2H3,(H2,17,19,22)/b18-13-/t15-/m1/s1. The van der Waals surface area contributed by atoms with Gasteiger partial charge in [-0.2, -0.15) is 5.10 Å². The fourth-order valence-corrected chi connectivity index (χ4v) is 2.78. The Hall–Kier alpha value is -1.50. The van der Waals surface area contributed by atoms with Crippen molar-refractivity contribution in [2.45, 2.75) is 19.9 Å². The van der Waals surface area contributed by atoms with Crippen molar-refractivity contribution in [3.63, 3.8) is 0 Å². The van der Waals surface area contributed by atoms with Crippen LogP contribution in [0.4, 0.5) is 0 Å². The van der Waals surface area contributed by atoms with Crippen molar-refractivity contribution in [2.75, 3.05) is 32.8 Å². The van der Waals surface area contributed by atoms with Crippen LogP contribution in [0.2, 0.25) is 0 Å². The summed E-state index contributed by atoms with van der Waals surface area (Å²) in [6, 6.07) is 10.6. The maximum atomic E-state index is 5.47. The first-order valence-corrected chi connectivity index (χ1v) is 8.08. The number of thiocarbonyl (C=S) groups is 1. The van der Waals surface area contributed by atoms with E-state index in [2.05, 4.69) is 45.0 Å². The number of rotatable bonds is 5. The van der Waals surface area contributed by atoms with Crippen LogP contribution in [-0.4, -0.2) is 48.6 Å². The average Bonchev–Trinajstić information content (AvgIpc) is 2.55. The highest BCUT2D eigenvalue weighted by atomic mass is 32.1. The highest BCUT2D eigenvalue weighted by molar-refractivity contribution is 7.80. The molecule has 1 aromatic carbocycles. The Labute approximate surface area is 137 Å². The van der Waals surface area contributed by atoms with Crippen LogP contribution in [0, 0.1) is 0 Å². The van der Waals surface area contributed by atoms with Crippen LogP contribution in [0.25, 0.3) is 0 Å². The maximum absolute atomic E-state index is 5.47. The van der Waals surface area contributed by atoms with Gasteiger partial charge in [-0.05, 0) is 31.6 Å². The van der Waals surface area contributed by atoms with Crippen LogP contribution in [0.1, 0.15) is 25.5 Å². The summed E-state index contributed by atoms with van der Waals surface area (Å²) in [6.45, 7) is 8.17. The number of hydrazone groups is 1. The van der Waals surface area contributed by atoms with Crippen LogP contribution in [0.3, 0.4) is 0 Å². The lowest BCUT2D eigenvalue weighted by Crippen LogP contribution is -2.42. The third kappa shape index (κ3) is 4.76. The monoisotopic (exact) mass is 320 g/mol. The zero-order valence-electron chi connectivity index (χ0n) is 13.2. The molecule has 0 radical (unpaired) electrons. The lowest BCUT2D eigenvalue weighted by molar-refractivity contribution is 0.0285. The van der Waals surface area contributed by atoms with Crippen LogP contribution in [-0.2, 0) is 4.74 Å². The Bertz CT molecular complexity index is 500. The highest BCUT2D eigenvalue weighted by Crippen LogP contribution is 2.23. The van der Waals surface area contributed by atoms with E-state index in [1.807, 2.05) is 19.9 Å². The van der Waals surface area contributed by atoms with Crippen molar-refractivity contribution in [2.24, 2.45) is 5.10 Å². The van der Waals surface area contributed by atoms with Crippen molar-refractivity contribution >= 4 is 23.0 Å². The molecule has 0 bridgehead atoms. The zero-order valence-corrected chi connectivity index (χ0v) is 14.0. The van der Waals surface area contributed by atoms with Crippen molar-refractivity contribution in [3.8, 4) is 0 Å². The van der Waals surface area contributed by atoms with E-state index in [4.69, 9.17) is 17.0 Å². The molecule has 1 aliphatic heterocycles. The Kier molecular flexibility index (Phi) is 6.76. The molecule has 2 N–H and O–H groups in total. The molecule has 1 aromatic rings. The van der Waals surface area contributed by atoms with E-state index in [1.165, 1.54) is 5.56 Å². The Morgan fingerprint density at radius 3 is 2.64 bits per heavy atom. The summed E-state index contributed by atoms with van der Waals surface area (Å²) in [4.78, 5) is 2.40. The van der Waals surface area contributed by atoms with E-state index in [0.29, 0.717) is 5.11 Å². The zero-order chi connectivity index (χ0) is 15.8. The van der Waals surface area contributed by atoms with Crippen LogP contribution in [0.15, 0.2) is 35.4 Å². The van der Waals surface area contributed by atoms with Crippen LogP contribution < -0.4 is 10.7 Å². The van der Waals surface area contributed by atoms with Crippen molar-refractivity contribution in [1.29, 1.82) is 0 Å². The SMILES string of the molecule is CCNC(=S)N/N=C(/C)[C@H](c1ccccc1)N1CCOCC1. The summed E-state index contributed by atoms with van der Waals surface area (Å²) in [6.07, 6.45) is 0. The molecule has 120 valence electrons. The molecule has 1 heterocycles. The summed E-state index contributed by atoms with van der Waals surface area (Å²) >= 11 is 5.17. The van der Waals surface area contributed by atoms with Crippen molar-refractivity contribution in [3.05, 3.63) is 35.9 Å².